The third-order valence-corrected chi connectivity index (χ3v) is 4.44. The molecule has 0 radical (unpaired) electrons. The van der Waals surface area contributed by atoms with Crippen LogP contribution >= 0.6 is 0 Å². The number of ether oxygens (including phenoxy) is 1. The van der Waals surface area contributed by atoms with Gasteiger partial charge in [-0.25, -0.2) is 9.78 Å². The molecule has 0 fully saturated rings. The average Bonchev–Trinajstić information content (AvgIpc) is 2.94. The van der Waals surface area contributed by atoms with Gasteiger partial charge in [-0.2, -0.15) is 4.68 Å². The minimum absolute atomic E-state index is 0.0773. The van der Waals surface area contributed by atoms with Crippen LogP contribution in [0, 0.1) is 22.7 Å². The molecule has 5 nitrogen and oxygen atoms in total. The van der Waals surface area contributed by atoms with E-state index in [1.807, 2.05) is 0 Å². The van der Waals surface area contributed by atoms with E-state index in [1.165, 1.54) is 23.8 Å². The van der Waals surface area contributed by atoms with E-state index >= 15 is 0 Å². The van der Waals surface area contributed by atoms with E-state index in [-0.39, 0.29) is 11.5 Å². The Morgan fingerprint density at radius 2 is 1.58 bits per heavy atom. The average molecular weight is 366 g/mol. The molecule has 0 aliphatic rings. The second-order valence-corrected chi connectivity index (χ2v) is 10.4. The molecule has 1 aromatic heterocycles. The quantitative estimate of drug-likeness (QED) is 0.571. The van der Waals surface area contributed by atoms with Crippen LogP contribution in [0.1, 0.15) is 87.5 Å². The van der Waals surface area contributed by atoms with Gasteiger partial charge >= 0.3 is 6.09 Å². The summed E-state index contributed by atoms with van der Waals surface area (Å²) in [5.74, 6) is 1.11. The van der Waals surface area contributed by atoms with Crippen molar-refractivity contribution in [2.45, 2.75) is 93.6 Å². The molecular weight excluding hydrogens is 326 g/mol. The van der Waals surface area contributed by atoms with E-state index in [1.54, 1.807) is 0 Å². The fourth-order valence-corrected chi connectivity index (χ4v) is 3.92. The van der Waals surface area contributed by atoms with Gasteiger partial charge in [-0.05, 0) is 54.8 Å². The molecule has 0 aliphatic heterocycles. The molecule has 0 amide bonds. The Morgan fingerprint density at radius 1 is 1.00 bits per heavy atom. The van der Waals surface area contributed by atoms with Gasteiger partial charge in [0.1, 0.15) is 18.8 Å². The Hall–Kier alpha value is -1.39. The minimum atomic E-state index is -0.432. The summed E-state index contributed by atoms with van der Waals surface area (Å²) in [4.78, 5) is 16.1. The van der Waals surface area contributed by atoms with E-state index in [0.717, 1.165) is 25.7 Å². The van der Waals surface area contributed by atoms with Crippen molar-refractivity contribution >= 4 is 6.09 Å². The number of hydrogen-bond acceptors (Lipinski definition) is 4. The highest BCUT2D eigenvalue weighted by atomic mass is 16.6. The van der Waals surface area contributed by atoms with Crippen molar-refractivity contribution in [3.63, 3.8) is 0 Å². The first kappa shape index (κ1) is 22.7. The van der Waals surface area contributed by atoms with Gasteiger partial charge in [-0.15, -0.1) is 5.10 Å². The molecule has 1 heterocycles. The topological polar surface area (TPSA) is 57.0 Å². The van der Waals surface area contributed by atoms with Gasteiger partial charge in [0.2, 0.25) is 0 Å². The van der Waals surface area contributed by atoms with Gasteiger partial charge in [0.25, 0.3) is 0 Å². The normalized spacial score (nSPS) is 16.2. The zero-order chi connectivity index (χ0) is 20.0. The fraction of sp³-hybridized carbons (Fsp3) is 0.857. The molecule has 0 aromatic carbocycles. The highest BCUT2D eigenvalue weighted by Crippen LogP contribution is 2.31. The van der Waals surface area contributed by atoms with Crippen LogP contribution in [-0.2, 0) is 4.74 Å². The highest BCUT2D eigenvalue weighted by Gasteiger charge is 2.24. The fourth-order valence-electron chi connectivity index (χ4n) is 3.92. The first-order valence-corrected chi connectivity index (χ1v) is 9.91. The third kappa shape index (κ3) is 9.93. The Kier molecular flexibility index (Phi) is 8.29. The maximum Gasteiger partial charge on any atom is 0.436 e. The van der Waals surface area contributed by atoms with Crippen molar-refractivity contribution in [2.75, 3.05) is 0 Å². The summed E-state index contributed by atoms with van der Waals surface area (Å²) in [6, 6.07) is 0. The molecule has 3 unspecified atom stereocenters. The Bertz CT molecular complexity index is 526. The molecule has 0 N–H and O–H groups in total. The van der Waals surface area contributed by atoms with Crippen molar-refractivity contribution in [3.8, 4) is 0 Å². The summed E-state index contributed by atoms with van der Waals surface area (Å²) in [6.07, 6.45) is 7.37. The van der Waals surface area contributed by atoms with E-state index < -0.39 is 6.09 Å². The van der Waals surface area contributed by atoms with E-state index in [9.17, 15) is 4.79 Å². The zero-order valence-corrected chi connectivity index (χ0v) is 18.1. The van der Waals surface area contributed by atoms with E-state index in [0.29, 0.717) is 17.3 Å². The predicted molar refractivity (Wildman–Crippen MR) is 106 cm³/mol. The SMILES string of the molecule is CC(CCC(CC(C)CC(C)(C)C)OC(=O)n1cncn1)CC(C)(C)C. The van der Waals surface area contributed by atoms with Crippen LogP contribution in [0.25, 0.3) is 0 Å². The lowest BCUT2D eigenvalue weighted by molar-refractivity contribution is 0.0677. The lowest BCUT2D eigenvalue weighted by Gasteiger charge is -2.28. The van der Waals surface area contributed by atoms with E-state index in [4.69, 9.17) is 4.74 Å². The number of rotatable bonds is 8. The summed E-state index contributed by atoms with van der Waals surface area (Å²) in [5.41, 5.74) is 0.602. The molecule has 0 saturated heterocycles. The van der Waals surface area contributed by atoms with Crippen molar-refractivity contribution in [3.05, 3.63) is 12.7 Å². The summed E-state index contributed by atoms with van der Waals surface area (Å²) >= 11 is 0. The number of hydrogen-bond donors (Lipinski definition) is 0. The van der Waals surface area contributed by atoms with Crippen LogP contribution in [0.15, 0.2) is 12.7 Å². The van der Waals surface area contributed by atoms with Gasteiger partial charge in [-0.1, -0.05) is 55.4 Å². The van der Waals surface area contributed by atoms with Gasteiger partial charge in [0, 0.05) is 0 Å². The second kappa shape index (κ2) is 9.52. The predicted octanol–water partition coefficient (Wildman–Crippen LogP) is 5.95. The van der Waals surface area contributed by atoms with Gasteiger partial charge < -0.3 is 4.74 Å². The van der Waals surface area contributed by atoms with Crippen LogP contribution in [-0.4, -0.2) is 27.0 Å². The monoisotopic (exact) mass is 365 g/mol. The van der Waals surface area contributed by atoms with Crippen LogP contribution < -0.4 is 0 Å². The maximum absolute atomic E-state index is 12.3. The maximum atomic E-state index is 12.3. The molecule has 1 rings (SSSR count). The van der Waals surface area contributed by atoms with E-state index in [2.05, 4.69) is 65.5 Å². The van der Waals surface area contributed by atoms with Crippen molar-refractivity contribution < 1.29 is 9.53 Å². The summed E-state index contributed by atoms with van der Waals surface area (Å²) in [5, 5.41) is 3.88. The summed E-state index contributed by atoms with van der Waals surface area (Å²) in [7, 11) is 0. The van der Waals surface area contributed by atoms with Gasteiger partial charge in [0.15, 0.2) is 0 Å². The molecule has 1 aromatic rings. The molecule has 0 bridgehead atoms. The van der Waals surface area contributed by atoms with Gasteiger partial charge in [-0.3, -0.25) is 0 Å². The standard InChI is InChI=1S/C21H39N3O2/c1-16(12-20(3,4)5)9-10-18(11-17(2)13-21(6,7)8)26-19(25)24-15-22-14-23-24/h14-18H,9-13H2,1-8H3. The van der Waals surface area contributed by atoms with Crippen molar-refractivity contribution in [2.24, 2.45) is 22.7 Å². The first-order chi connectivity index (χ1) is 11.9. The summed E-state index contributed by atoms with van der Waals surface area (Å²) < 4.78 is 6.95. The zero-order valence-electron chi connectivity index (χ0n) is 18.1. The molecule has 5 heteroatoms. The smallest absolute Gasteiger partial charge is 0.436 e. The van der Waals surface area contributed by atoms with Crippen molar-refractivity contribution in [1.29, 1.82) is 0 Å². The molecule has 3 atom stereocenters. The molecule has 0 spiro atoms. The molecule has 150 valence electrons. The van der Waals surface area contributed by atoms with Crippen LogP contribution in [0.2, 0.25) is 0 Å². The molecule has 0 saturated carbocycles. The minimum Gasteiger partial charge on any atom is -0.445 e. The Balaban J connectivity index is 2.66. The molecule has 26 heavy (non-hydrogen) atoms. The highest BCUT2D eigenvalue weighted by molar-refractivity contribution is 5.68. The number of carbonyl (C=O) groups is 1. The van der Waals surface area contributed by atoms with Crippen LogP contribution in [0.5, 0.6) is 0 Å². The second-order valence-electron chi connectivity index (χ2n) is 10.4. The number of carbonyl (C=O) groups excluding carboxylic acids is 1. The van der Waals surface area contributed by atoms with Crippen LogP contribution in [0.3, 0.4) is 0 Å². The number of nitrogens with zero attached hydrogens (tertiary/aromatic N) is 3. The first-order valence-electron chi connectivity index (χ1n) is 9.91. The summed E-state index contributed by atoms with van der Waals surface area (Å²) in [6.45, 7) is 18.1. The van der Waals surface area contributed by atoms with Crippen molar-refractivity contribution in [1.82, 2.24) is 14.8 Å². The third-order valence-electron chi connectivity index (χ3n) is 4.44. The lowest BCUT2D eigenvalue weighted by Crippen LogP contribution is -2.26. The largest absolute Gasteiger partial charge is 0.445 e. The lowest BCUT2D eigenvalue weighted by atomic mass is 9.81. The molecular formula is C21H39N3O2. The number of aromatic nitrogens is 3. The van der Waals surface area contributed by atoms with Crippen LogP contribution in [0.4, 0.5) is 4.79 Å². The van der Waals surface area contributed by atoms with Gasteiger partial charge in [0.05, 0.1) is 0 Å². The molecule has 0 aliphatic carbocycles. The Morgan fingerprint density at radius 3 is 2.08 bits per heavy atom. The Labute approximate surface area is 159 Å².